The molecule has 3 rings (SSSR count). The fraction of sp³-hybridized carbons (Fsp3) is 0.208. The average molecular weight is 439 g/mol. The molecule has 162 valence electrons. The van der Waals surface area contributed by atoms with Gasteiger partial charge in [-0.2, -0.15) is 0 Å². The highest BCUT2D eigenvalue weighted by atomic mass is 32.2. The van der Waals surface area contributed by atoms with Crippen molar-refractivity contribution in [1.29, 1.82) is 0 Å². The van der Waals surface area contributed by atoms with E-state index < -0.39 is 10.0 Å². The molecule has 7 heteroatoms. The first kappa shape index (κ1) is 22.4. The van der Waals surface area contributed by atoms with Crippen LogP contribution in [0.4, 0.5) is 5.69 Å². The lowest BCUT2D eigenvalue weighted by Crippen LogP contribution is -2.24. The topological polar surface area (TPSA) is 84.5 Å². The number of aryl methyl sites for hydroxylation is 2. The molecule has 0 atom stereocenters. The van der Waals surface area contributed by atoms with Crippen molar-refractivity contribution in [3.05, 3.63) is 89.5 Å². The largest absolute Gasteiger partial charge is 0.497 e. The van der Waals surface area contributed by atoms with E-state index in [1.807, 2.05) is 0 Å². The first-order valence-electron chi connectivity index (χ1n) is 9.98. The number of methoxy groups -OCH3 is 1. The van der Waals surface area contributed by atoms with Gasteiger partial charge < -0.3 is 10.1 Å². The molecule has 2 N–H and O–H groups in total. The van der Waals surface area contributed by atoms with Crippen molar-refractivity contribution < 1.29 is 17.9 Å². The first-order chi connectivity index (χ1) is 14.9. The first-order valence-corrected chi connectivity index (χ1v) is 11.5. The van der Waals surface area contributed by atoms with Crippen molar-refractivity contribution in [1.82, 2.24) is 5.32 Å². The molecule has 3 aromatic carbocycles. The zero-order valence-corrected chi connectivity index (χ0v) is 18.4. The molecule has 0 saturated heterocycles. The molecule has 0 bridgehead atoms. The van der Waals surface area contributed by atoms with Gasteiger partial charge >= 0.3 is 0 Å². The minimum Gasteiger partial charge on any atom is -0.497 e. The number of ether oxygens (including phenoxy) is 1. The molecule has 0 aliphatic carbocycles. The number of anilines is 1. The summed E-state index contributed by atoms with van der Waals surface area (Å²) in [7, 11) is -2.21. The molecule has 6 nitrogen and oxygen atoms in total. The van der Waals surface area contributed by atoms with Crippen LogP contribution in [0.1, 0.15) is 27.9 Å². The Bertz CT molecular complexity index is 1110. The highest BCUT2D eigenvalue weighted by Crippen LogP contribution is 2.19. The monoisotopic (exact) mass is 438 g/mol. The summed E-state index contributed by atoms with van der Waals surface area (Å²) in [4.78, 5) is 12.4. The van der Waals surface area contributed by atoms with E-state index in [2.05, 4.69) is 41.2 Å². The zero-order chi connectivity index (χ0) is 22.3. The van der Waals surface area contributed by atoms with Gasteiger partial charge in [-0.05, 0) is 73.9 Å². The molecule has 1 amide bonds. The normalized spacial score (nSPS) is 11.0. The van der Waals surface area contributed by atoms with E-state index in [1.165, 1.54) is 30.4 Å². The number of carbonyl (C=O) groups is 1. The Balaban J connectivity index is 1.51. The minimum absolute atomic E-state index is 0.128. The van der Waals surface area contributed by atoms with Gasteiger partial charge in [0.25, 0.3) is 15.9 Å². The number of hydrogen-bond donors (Lipinski definition) is 2. The second-order valence-electron chi connectivity index (χ2n) is 7.20. The van der Waals surface area contributed by atoms with Crippen molar-refractivity contribution in [3.63, 3.8) is 0 Å². The van der Waals surface area contributed by atoms with Crippen molar-refractivity contribution in [3.8, 4) is 5.75 Å². The Morgan fingerprint density at radius 1 is 0.903 bits per heavy atom. The van der Waals surface area contributed by atoms with Crippen LogP contribution in [0.15, 0.2) is 77.7 Å². The highest BCUT2D eigenvalue weighted by molar-refractivity contribution is 7.92. The van der Waals surface area contributed by atoms with Gasteiger partial charge in [-0.1, -0.05) is 29.8 Å². The van der Waals surface area contributed by atoms with E-state index in [-0.39, 0.29) is 10.8 Å². The van der Waals surface area contributed by atoms with Gasteiger partial charge in [0.15, 0.2) is 0 Å². The molecule has 0 spiro atoms. The number of amides is 1. The van der Waals surface area contributed by atoms with Crippen LogP contribution in [-0.4, -0.2) is 28.0 Å². The van der Waals surface area contributed by atoms with Crippen LogP contribution in [0.5, 0.6) is 5.75 Å². The Kier molecular flexibility index (Phi) is 7.31. The van der Waals surface area contributed by atoms with Crippen LogP contribution in [0, 0.1) is 6.92 Å². The van der Waals surface area contributed by atoms with Crippen molar-refractivity contribution in [2.24, 2.45) is 0 Å². The summed E-state index contributed by atoms with van der Waals surface area (Å²) in [5.74, 6) is 0.390. The Labute approximate surface area is 183 Å². The van der Waals surface area contributed by atoms with E-state index in [4.69, 9.17) is 4.74 Å². The van der Waals surface area contributed by atoms with Crippen LogP contribution in [0.2, 0.25) is 0 Å². The number of sulfonamides is 1. The minimum atomic E-state index is -3.72. The fourth-order valence-electron chi connectivity index (χ4n) is 3.01. The van der Waals surface area contributed by atoms with Crippen LogP contribution >= 0.6 is 0 Å². The van der Waals surface area contributed by atoms with Crippen LogP contribution in [0.25, 0.3) is 0 Å². The molecule has 3 aromatic rings. The lowest BCUT2D eigenvalue weighted by molar-refractivity contribution is 0.0953. The van der Waals surface area contributed by atoms with Crippen molar-refractivity contribution >= 4 is 21.6 Å². The lowest BCUT2D eigenvalue weighted by atomic mass is 10.1. The summed E-state index contributed by atoms with van der Waals surface area (Å²) in [6.07, 6.45) is 1.74. The smallest absolute Gasteiger partial charge is 0.261 e. The summed E-state index contributed by atoms with van der Waals surface area (Å²) in [6.45, 7) is 2.62. The summed E-state index contributed by atoms with van der Waals surface area (Å²) in [6, 6.07) is 20.8. The third-order valence-electron chi connectivity index (χ3n) is 4.82. The maximum absolute atomic E-state index is 12.5. The second kappa shape index (κ2) is 10.1. The summed E-state index contributed by atoms with van der Waals surface area (Å²) >= 11 is 0. The number of rotatable bonds is 9. The number of nitrogens with one attached hydrogen (secondary N) is 2. The van der Waals surface area contributed by atoms with Gasteiger partial charge in [0.2, 0.25) is 0 Å². The molecule has 0 aliphatic rings. The maximum Gasteiger partial charge on any atom is 0.261 e. The van der Waals surface area contributed by atoms with E-state index >= 15 is 0 Å². The summed E-state index contributed by atoms with van der Waals surface area (Å²) in [5, 5.41) is 2.90. The molecule has 0 saturated carbocycles. The van der Waals surface area contributed by atoms with E-state index in [1.54, 1.807) is 36.4 Å². The highest BCUT2D eigenvalue weighted by Gasteiger charge is 2.14. The fourth-order valence-corrected chi connectivity index (χ4v) is 4.07. The average Bonchev–Trinajstić information content (AvgIpc) is 2.78. The van der Waals surface area contributed by atoms with Gasteiger partial charge in [-0.15, -0.1) is 0 Å². The second-order valence-corrected chi connectivity index (χ2v) is 8.89. The Morgan fingerprint density at radius 2 is 1.55 bits per heavy atom. The number of carbonyl (C=O) groups excluding carboxylic acids is 1. The van der Waals surface area contributed by atoms with E-state index in [9.17, 15) is 13.2 Å². The molecule has 31 heavy (non-hydrogen) atoms. The van der Waals surface area contributed by atoms with Crippen LogP contribution in [-0.2, 0) is 16.4 Å². The van der Waals surface area contributed by atoms with Gasteiger partial charge in [0.05, 0.1) is 12.0 Å². The molecular weight excluding hydrogens is 412 g/mol. The quantitative estimate of drug-likeness (QED) is 0.491. The van der Waals surface area contributed by atoms with Gasteiger partial charge in [-0.25, -0.2) is 8.42 Å². The maximum atomic E-state index is 12.5. The summed E-state index contributed by atoms with van der Waals surface area (Å²) in [5.41, 5.74) is 3.33. The molecule has 0 heterocycles. The molecule has 0 fully saturated rings. The number of benzene rings is 3. The predicted octanol–water partition coefficient (Wildman–Crippen LogP) is 4.17. The Morgan fingerprint density at radius 3 is 2.16 bits per heavy atom. The van der Waals surface area contributed by atoms with Crippen LogP contribution in [0.3, 0.4) is 0 Å². The van der Waals surface area contributed by atoms with E-state index in [0.717, 1.165) is 12.8 Å². The SMILES string of the molecule is COc1ccc(S(=O)(=O)Nc2ccc(C(=O)NCCCc3ccc(C)cc3)cc2)cc1. The zero-order valence-electron chi connectivity index (χ0n) is 17.6. The third kappa shape index (κ3) is 6.33. The Hall–Kier alpha value is -3.32. The van der Waals surface area contributed by atoms with Crippen molar-refractivity contribution in [2.75, 3.05) is 18.4 Å². The van der Waals surface area contributed by atoms with Gasteiger partial charge in [0, 0.05) is 17.8 Å². The molecule has 0 radical (unpaired) electrons. The molecule has 0 unspecified atom stereocenters. The standard InChI is InChI=1S/C24H26N2O4S/c1-18-5-7-19(8-6-18)4-3-17-25-24(27)20-9-11-21(12-10-20)26-31(28,29)23-15-13-22(30-2)14-16-23/h5-16,26H,3-4,17H2,1-2H3,(H,25,27). The van der Waals surface area contributed by atoms with E-state index in [0.29, 0.717) is 23.5 Å². The predicted molar refractivity (Wildman–Crippen MR) is 122 cm³/mol. The number of hydrogen-bond acceptors (Lipinski definition) is 4. The lowest BCUT2D eigenvalue weighted by Gasteiger charge is -2.10. The van der Waals surface area contributed by atoms with Gasteiger partial charge in [0.1, 0.15) is 5.75 Å². The van der Waals surface area contributed by atoms with Crippen LogP contribution < -0.4 is 14.8 Å². The van der Waals surface area contributed by atoms with Gasteiger partial charge in [-0.3, -0.25) is 9.52 Å². The molecule has 0 aromatic heterocycles. The van der Waals surface area contributed by atoms with Crippen molar-refractivity contribution in [2.45, 2.75) is 24.7 Å². The molecule has 0 aliphatic heterocycles. The molecular formula is C24H26N2O4S. The third-order valence-corrected chi connectivity index (χ3v) is 6.21. The summed E-state index contributed by atoms with van der Waals surface area (Å²) < 4.78 is 32.6.